The summed E-state index contributed by atoms with van der Waals surface area (Å²) in [6.07, 6.45) is 3.77. The van der Waals surface area contributed by atoms with Crippen molar-refractivity contribution in [3.05, 3.63) is 47.0 Å². The van der Waals surface area contributed by atoms with Crippen LogP contribution in [0.1, 0.15) is 42.9 Å². The molecule has 2 aromatic carbocycles. The van der Waals surface area contributed by atoms with Gasteiger partial charge in [-0.2, -0.15) is 0 Å². The molecule has 1 unspecified atom stereocenters. The Balaban J connectivity index is 2.28. The van der Waals surface area contributed by atoms with Gasteiger partial charge in [-0.05, 0) is 52.6 Å². The molecular formula is C16H18. The van der Waals surface area contributed by atoms with Crippen molar-refractivity contribution in [2.45, 2.75) is 39.0 Å². The second-order valence-electron chi connectivity index (χ2n) is 4.95. The highest BCUT2D eigenvalue weighted by Crippen LogP contribution is 2.35. The maximum absolute atomic E-state index is 2.33. The maximum atomic E-state index is 2.33. The minimum Gasteiger partial charge on any atom is -0.0648 e. The molecule has 82 valence electrons. The third kappa shape index (κ3) is 1.29. The first-order valence-corrected chi connectivity index (χ1v) is 6.34. The molecule has 0 fully saturated rings. The van der Waals surface area contributed by atoms with Crippen LogP contribution < -0.4 is 0 Å². The summed E-state index contributed by atoms with van der Waals surface area (Å²) in [5, 5.41) is 2.98. The lowest BCUT2D eigenvalue weighted by atomic mass is 9.82. The molecule has 0 nitrogen and oxygen atoms in total. The highest BCUT2D eigenvalue weighted by Gasteiger charge is 2.17. The van der Waals surface area contributed by atoms with Gasteiger partial charge in [-0.15, -0.1) is 0 Å². The van der Waals surface area contributed by atoms with Crippen LogP contribution in [0.4, 0.5) is 0 Å². The molecule has 1 aliphatic carbocycles. The molecule has 3 rings (SSSR count). The summed E-state index contributed by atoms with van der Waals surface area (Å²) in [6, 6.07) is 11.5. The number of benzene rings is 2. The van der Waals surface area contributed by atoms with Gasteiger partial charge in [-0.3, -0.25) is 0 Å². The van der Waals surface area contributed by atoms with Crippen molar-refractivity contribution in [1.82, 2.24) is 0 Å². The molecule has 0 saturated carbocycles. The summed E-state index contributed by atoms with van der Waals surface area (Å²) in [6.45, 7) is 4.60. The molecule has 0 heteroatoms. The third-order valence-corrected chi connectivity index (χ3v) is 4.09. The number of fused-ring (bicyclic) bond motifs is 3. The zero-order valence-electron chi connectivity index (χ0n) is 10.1. The van der Waals surface area contributed by atoms with Gasteiger partial charge in [0, 0.05) is 0 Å². The Morgan fingerprint density at radius 2 is 1.94 bits per heavy atom. The fraction of sp³-hybridized carbons (Fsp3) is 0.375. The van der Waals surface area contributed by atoms with E-state index < -0.39 is 0 Å². The Labute approximate surface area is 97.3 Å². The average Bonchev–Trinajstić information content (AvgIpc) is 2.27. The van der Waals surface area contributed by atoms with E-state index in [2.05, 4.69) is 44.2 Å². The standard InChI is InChI=1S/C16H18/c1-3-11(2)13-5-4-6-15-14-9-7-12(14)8-10-16(13)15/h4-6,8,10-11H,3,7,9H2,1-2H3. The van der Waals surface area contributed by atoms with Gasteiger partial charge in [0.05, 0.1) is 0 Å². The lowest BCUT2D eigenvalue weighted by Gasteiger charge is -2.23. The fourth-order valence-corrected chi connectivity index (χ4v) is 2.75. The first kappa shape index (κ1) is 9.89. The largest absolute Gasteiger partial charge is 0.0648 e. The molecule has 0 bridgehead atoms. The first-order valence-electron chi connectivity index (χ1n) is 6.34. The molecule has 0 saturated heterocycles. The van der Waals surface area contributed by atoms with Crippen molar-refractivity contribution in [3.63, 3.8) is 0 Å². The van der Waals surface area contributed by atoms with E-state index in [1.165, 1.54) is 35.6 Å². The zero-order valence-corrected chi connectivity index (χ0v) is 10.1. The highest BCUT2D eigenvalue weighted by atomic mass is 14.2. The average molecular weight is 210 g/mol. The number of hydrogen-bond acceptors (Lipinski definition) is 0. The van der Waals surface area contributed by atoms with Gasteiger partial charge < -0.3 is 0 Å². The van der Waals surface area contributed by atoms with Crippen LogP contribution in [0.25, 0.3) is 10.8 Å². The number of hydrogen-bond donors (Lipinski definition) is 0. The predicted octanol–water partition coefficient (Wildman–Crippen LogP) is 4.45. The van der Waals surface area contributed by atoms with Crippen LogP contribution in [0.2, 0.25) is 0 Å². The van der Waals surface area contributed by atoms with E-state index in [0.29, 0.717) is 5.92 Å². The lowest BCUT2D eigenvalue weighted by molar-refractivity contribution is 0.739. The van der Waals surface area contributed by atoms with Crippen molar-refractivity contribution in [2.75, 3.05) is 0 Å². The van der Waals surface area contributed by atoms with E-state index in [0.717, 1.165) is 0 Å². The van der Waals surface area contributed by atoms with Crippen LogP contribution >= 0.6 is 0 Å². The summed E-state index contributed by atoms with van der Waals surface area (Å²) in [5.41, 5.74) is 4.69. The molecule has 0 aliphatic heterocycles. The van der Waals surface area contributed by atoms with E-state index in [4.69, 9.17) is 0 Å². The predicted molar refractivity (Wildman–Crippen MR) is 70.1 cm³/mol. The zero-order chi connectivity index (χ0) is 11.1. The van der Waals surface area contributed by atoms with Gasteiger partial charge in [0.1, 0.15) is 0 Å². The van der Waals surface area contributed by atoms with Crippen LogP contribution in [0.3, 0.4) is 0 Å². The van der Waals surface area contributed by atoms with E-state index in [9.17, 15) is 0 Å². The summed E-state index contributed by atoms with van der Waals surface area (Å²) in [4.78, 5) is 0. The molecule has 0 N–H and O–H groups in total. The fourth-order valence-electron chi connectivity index (χ4n) is 2.75. The summed E-state index contributed by atoms with van der Waals surface area (Å²) in [5.74, 6) is 0.668. The highest BCUT2D eigenvalue weighted by molar-refractivity contribution is 5.91. The van der Waals surface area contributed by atoms with Gasteiger partial charge in [0.25, 0.3) is 0 Å². The normalized spacial score (nSPS) is 15.6. The van der Waals surface area contributed by atoms with Crippen molar-refractivity contribution in [3.8, 4) is 0 Å². The van der Waals surface area contributed by atoms with Gasteiger partial charge in [0.2, 0.25) is 0 Å². The monoisotopic (exact) mass is 210 g/mol. The van der Waals surface area contributed by atoms with Crippen LogP contribution in [-0.4, -0.2) is 0 Å². The SMILES string of the molecule is CCC(C)c1cccc2c3c(ccc12)CC3. The Hall–Kier alpha value is -1.30. The molecule has 1 atom stereocenters. The van der Waals surface area contributed by atoms with Crippen LogP contribution in [0.5, 0.6) is 0 Å². The minimum atomic E-state index is 0.668. The number of rotatable bonds is 2. The quantitative estimate of drug-likeness (QED) is 0.687. The van der Waals surface area contributed by atoms with Crippen LogP contribution in [0, 0.1) is 0 Å². The Kier molecular flexibility index (Phi) is 2.24. The topological polar surface area (TPSA) is 0 Å². The van der Waals surface area contributed by atoms with E-state index in [1.54, 1.807) is 11.1 Å². The van der Waals surface area contributed by atoms with Crippen LogP contribution in [-0.2, 0) is 12.8 Å². The van der Waals surface area contributed by atoms with Gasteiger partial charge in [-0.25, -0.2) is 0 Å². The minimum absolute atomic E-state index is 0.668. The molecule has 0 heterocycles. The molecule has 1 aliphatic rings. The molecule has 0 radical (unpaired) electrons. The van der Waals surface area contributed by atoms with Gasteiger partial charge >= 0.3 is 0 Å². The molecule has 2 aromatic rings. The molecule has 16 heavy (non-hydrogen) atoms. The first-order chi connectivity index (χ1) is 7.81. The van der Waals surface area contributed by atoms with Gasteiger partial charge in [-0.1, -0.05) is 44.2 Å². The maximum Gasteiger partial charge on any atom is -0.0146 e. The lowest BCUT2D eigenvalue weighted by Crippen LogP contribution is -2.09. The Bertz CT molecular complexity index is 537. The number of aryl methyl sites for hydroxylation is 2. The summed E-state index contributed by atoms with van der Waals surface area (Å²) >= 11 is 0. The van der Waals surface area contributed by atoms with Crippen molar-refractivity contribution in [1.29, 1.82) is 0 Å². The van der Waals surface area contributed by atoms with Gasteiger partial charge in [0.15, 0.2) is 0 Å². The second kappa shape index (κ2) is 3.62. The van der Waals surface area contributed by atoms with Crippen molar-refractivity contribution in [2.24, 2.45) is 0 Å². The van der Waals surface area contributed by atoms with Crippen molar-refractivity contribution < 1.29 is 0 Å². The second-order valence-corrected chi connectivity index (χ2v) is 4.95. The molecular weight excluding hydrogens is 192 g/mol. The van der Waals surface area contributed by atoms with Crippen molar-refractivity contribution >= 4 is 10.8 Å². The smallest absolute Gasteiger partial charge is 0.0146 e. The molecule has 0 amide bonds. The Morgan fingerprint density at radius 3 is 2.62 bits per heavy atom. The van der Waals surface area contributed by atoms with E-state index in [-0.39, 0.29) is 0 Å². The summed E-state index contributed by atoms with van der Waals surface area (Å²) in [7, 11) is 0. The molecule has 0 aromatic heterocycles. The third-order valence-electron chi connectivity index (χ3n) is 4.09. The van der Waals surface area contributed by atoms with E-state index in [1.807, 2.05) is 0 Å². The molecule has 0 spiro atoms. The summed E-state index contributed by atoms with van der Waals surface area (Å²) < 4.78 is 0. The van der Waals surface area contributed by atoms with E-state index >= 15 is 0 Å². The van der Waals surface area contributed by atoms with Crippen LogP contribution in [0.15, 0.2) is 30.3 Å². The Morgan fingerprint density at radius 1 is 1.06 bits per heavy atom.